The predicted molar refractivity (Wildman–Crippen MR) is 107 cm³/mol. The first-order chi connectivity index (χ1) is 12.2. The Morgan fingerprint density at radius 2 is 1.56 bits per heavy atom. The number of aryl methyl sites for hydroxylation is 1. The lowest BCUT2D eigenvalue weighted by molar-refractivity contribution is -0.00629. The van der Waals surface area contributed by atoms with Crippen LogP contribution in [-0.4, -0.2) is 16.8 Å². The van der Waals surface area contributed by atoms with Crippen molar-refractivity contribution >= 4 is 5.70 Å². The van der Waals surface area contributed by atoms with E-state index in [4.69, 9.17) is 5.84 Å². The number of hydrogen-bond donors (Lipinski definition) is 2. The summed E-state index contributed by atoms with van der Waals surface area (Å²) < 4.78 is 0. The van der Waals surface area contributed by atoms with E-state index in [1.807, 2.05) is 5.12 Å². The summed E-state index contributed by atoms with van der Waals surface area (Å²) in [4.78, 5) is 0. The minimum absolute atomic E-state index is 0.918. The van der Waals surface area contributed by atoms with Crippen molar-refractivity contribution < 1.29 is 0 Å². The average molecular weight is 345 g/mol. The van der Waals surface area contributed by atoms with E-state index in [-0.39, 0.29) is 0 Å². The van der Waals surface area contributed by atoms with Gasteiger partial charge in [0, 0.05) is 12.1 Å². The first-order valence-corrected chi connectivity index (χ1v) is 10.1. The summed E-state index contributed by atoms with van der Waals surface area (Å²) in [5, 5.41) is 3.88. The Kier molecular flexibility index (Phi) is 8.29. The minimum Gasteiger partial charge on any atom is -0.298 e. The SMILES string of the molecule is CCCCCCCCCCN1NC(c2ccccc2C)=C(CC)N1N. The van der Waals surface area contributed by atoms with E-state index in [1.54, 1.807) is 0 Å². The van der Waals surface area contributed by atoms with Crippen LogP contribution in [0.1, 0.15) is 82.8 Å². The molecule has 0 spiro atoms. The standard InChI is InChI=1S/C21H36N4/c1-4-6-7-8-9-10-11-14-17-24-23-21(20(5-2)25(24)22)19-16-13-12-15-18(19)3/h12-13,15-16,23H,4-11,14,17,22H2,1-3H3. The number of allylic oxidation sites excluding steroid dienone is 1. The third kappa shape index (κ3) is 5.48. The van der Waals surface area contributed by atoms with Gasteiger partial charge >= 0.3 is 0 Å². The maximum absolute atomic E-state index is 6.35. The smallest absolute Gasteiger partial charge is 0.0806 e. The highest BCUT2D eigenvalue weighted by molar-refractivity contribution is 5.69. The number of nitrogens with two attached hydrogens (primary N) is 1. The van der Waals surface area contributed by atoms with Crippen molar-refractivity contribution in [3.05, 3.63) is 41.1 Å². The maximum Gasteiger partial charge on any atom is 0.0806 e. The zero-order valence-electron chi connectivity index (χ0n) is 16.4. The Morgan fingerprint density at radius 1 is 0.920 bits per heavy atom. The zero-order chi connectivity index (χ0) is 18.1. The Labute approximate surface area is 154 Å². The molecular formula is C21H36N4. The topological polar surface area (TPSA) is 44.5 Å². The van der Waals surface area contributed by atoms with Crippen LogP contribution in [0, 0.1) is 6.92 Å². The van der Waals surface area contributed by atoms with Gasteiger partial charge in [-0.1, -0.05) is 83.1 Å². The molecule has 140 valence electrons. The summed E-state index contributed by atoms with van der Waals surface area (Å²) in [7, 11) is 0. The fraction of sp³-hybridized carbons (Fsp3) is 0.619. The normalized spacial score (nSPS) is 15.1. The van der Waals surface area contributed by atoms with Crippen LogP contribution in [0.2, 0.25) is 0 Å². The van der Waals surface area contributed by atoms with E-state index in [0.29, 0.717) is 0 Å². The van der Waals surface area contributed by atoms with Gasteiger partial charge in [-0.05, 0) is 25.3 Å². The Morgan fingerprint density at radius 3 is 2.20 bits per heavy atom. The zero-order valence-corrected chi connectivity index (χ0v) is 16.4. The van der Waals surface area contributed by atoms with Gasteiger partial charge in [0.05, 0.1) is 11.4 Å². The molecule has 1 heterocycles. The van der Waals surface area contributed by atoms with E-state index in [1.165, 1.54) is 62.5 Å². The number of benzene rings is 1. The number of nitrogens with one attached hydrogen (secondary N) is 1. The number of rotatable bonds is 11. The molecule has 0 aromatic heterocycles. The lowest BCUT2D eigenvalue weighted by Crippen LogP contribution is -2.47. The summed E-state index contributed by atoms with van der Waals surface area (Å²) in [6.45, 7) is 7.53. The molecule has 0 saturated heterocycles. The van der Waals surface area contributed by atoms with E-state index < -0.39 is 0 Å². The summed E-state index contributed by atoms with van der Waals surface area (Å²) >= 11 is 0. The highest BCUT2D eigenvalue weighted by atomic mass is 15.9. The van der Waals surface area contributed by atoms with E-state index >= 15 is 0 Å². The Balaban J connectivity index is 1.80. The fourth-order valence-electron chi connectivity index (χ4n) is 3.47. The molecule has 0 saturated carbocycles. The van der Waals surface area contributed by atoms with Crippen molar-refractivity contribution in [2.75, 3.05) is 6.54 Å². The van der Waals surface area contributed by atoms with Crippen molar-refractivity contribution in [2.45, 2.75) is 78.6 Å². The van der Waals surface area contributed by atoms with Crippen molar-refractivity contribution in [1.29, 1.82) is 0 Å². The molecule has 0 unspecified atom stereocenters. The lowest BCUT2D eigenvalue weighted by Gasteiger charge is -2.26. The maximum atomic E-state index is 6.35. The molecule has 1 aromatic carbocycles. The largest absolute Gasteiger partial charge is 0.298 e. The summed E-state index contributed by atoms with van der Waals surface area (Å²) in [5.41, 5.74) is 8.37. The van der Waals surface area contributed by atoms with Crippen molar-refractivity contribution in [2.24, 2.45) is 5.84 Å². The van der Waals surface area contributed by atoms with E-state index in [0.717, 1.165) is 24.4 Å². The molecule has 0 amide bonds. The van der Waals surface area contributed by atoms with Crippen LogP contribution >= 0.6 is 0 Å². The number of hydrazine groups is 3. The lowest BCUT2D eigenvalue weighted by atomic mass is 10.0. The molecule has 0 atom stereocenters. The van der Waals surface area contributed by atoms with E-state index in [9.17, 15) is 0 Å². The van der Waals surface area contributed by atoms with Gasteiger partial charge in [-0.25, -0.2) is 11.0 Å². The quantitative estimate of drug-likeness (QED) is 0.432. The van der Waals surface area contributed by atoms with Crippen molar-refractivity contribution in [3.8, 4) is 0 Å². The molecule has 1 aliphatic heterocycles. The van der Waals surface area contributed by atoms with Gasteiger partial charge in [-0.15, -0.1) is 5.12 Å². The molecule has 0 aliphatic carbocycles. The van der Waals surface area contributed by atoms with Crippen molar-refractivity contribution in [3.63, 3.8) is 0 Å². The molecule has 2 rings (SSSR count). The third-order valence-corrected chi connectivity index (χ3v) is 5.04. The van der Waals surface area contributed by atoms with Crippen LogP contribution < -0.4 is 11.3 Å². The highest BCUT2D eigenvalue weighted by Gasteiger charge is 2.27. The summed E-state index contributed by atoms with van der Waals surface area (Å²) in [5.74, 6) is 6.35. The number of hydrogen-bond acceptors (Lipinski definition) is 4. The third-order valence-electron chi connectivity index (χ3n) is 5.04. The van der Waals surface area contributed by atoms with Crippen LogP contribution in [0.5, 0.6) is 0 Å². The van der Waals surface area contributed by atoms with Crippen molar-refractivity contribution in [1.82, 2.24) is 15.7 Å². The van der Waals surface area contributed by atoms with Gasteiger partial charge in [-0.3, -0.25) is 5.43 Å². The molecule has 0 bridgehead atoms. The Bertz CT molecular complexity index is 553. The van der Waals surface area contributed by atoms with Crippen LogP contribution in [-0.2, 0) is 0 Å². The van der Waals surface area contributed by atoms with Crippen LogP contribution in [0.25, 0.3) is 5.70 Å². The molecule has 1 aliphatic rings. The number of nitrogens with zero attached hydrogens (tertiary/aromatic N) is 2. The molecule has 0 fully saturated rings. The molecule has 25 heavy (non-hydrogen) atoms. The molecule has 3 N–H and O–H groups in total. The van der Waals surface area contributed by atoms with Gasteiger partial charge < -0.3 is 0 Å². The van der Waals surface area contributed by atoms with E-state index in [2.05, 4.69) is 55.6 Å². The second-order valence-corrected chi connectivity index (χ2v) is 7.04. The first kappa shape index (κ1) is 19.8. The van der Waals surface area contributed by atoms with Gasteiger partial charge in [0.25, 0.3) is 0 Å². The monoisotopic (exact) mass is 344 g/mol. The second-order valence-electron chi connectivity index (χ2n) is 7.04. The van der Waals surface area contributed by atoms with Crippen LogP contribution in [0.15, 0.2) is 30.0 Å². The van der Waals surface area contributed by atoms with Gasteiger partial charge in [-0.2, -0.15) is 0 Å². The molecular weight excluding hydrogens is 308 g/mol. The molecule has 4 heteroatoms. The van der Waals surface area contributed by atoms with Crippen LogP contribution in [0.4, 0.5) is 0 Å². The minimum atomic E-state index is 0.918. The molecule has 1 aromatic rings. The number of unbranched alkanes of at least 4 members (excludes halogenated alkanes) is 7. The molecule has 4 nitrogen and oxygen atoms in total. The summed E-state index contributed by atoms with van der Waals surface area (Å²) in [6.07, 6.45) is 11.6. The van der Waals surface area contributed by atoms with Gasteiger partial charge in [0.2, 0.25) is 0 Å². The predicted octanol–water partition coefficient (Wildman–Crippen LogP) is 5.13. The highest BCUT2D eigenvalue weighted by Crippen LogP contribution is 2.28. The van der Waals surface area contributed by atoms with Gasteiger partial charge in [0.1, 0.15) is 0 Å². The Hall–Kier alpha value is -1.52. The summed E-state index contributed by atoms with van der Waals surface area (Å²) in [6, 6.07) is 8.49. The average Bonchev–Trinajstić information content (AvgIpc) is 2.93. The molecule has 0 radical (unpaired) electrons. The van der Waals surface area contributed by atoms with Gasteiger partial charge in [0.15, 0.2) is 0 Å². The fourth-order valence-corrected chi connectivity index (χ4v) is 3.47. The van der Waals surface area contributed by atoms with Crippen LogP contribution in [0.3, 0.4) is 0 Å². The first-order valence-electron chi connectivity index (χ1n) is 10.1. The second kappa shape index (κ2) is 10.5.